The summed E-state index contributed by atoms with van der Waals surface area (Å²) in [5, 5.41) is 25.4. The number of aromatic nitrogens is 4. The van der Waals surface area contributed by atoms with E-state index < -0.39 is 35.1 Å². The summed E-state index contributed by atoms with van der Waals surface area (Å²) in [5.41, 5.74) is 2.22. The van der Waals surface area contributed by atoms with E-state index in [9.17, 15) is 19.8 Å². The standard InChI is InChI=1S/C25H25N5O5/c1-14(31)24(33)19(11-10-17-8-5-7-16-6-3-4-9-18(16)17)35-23(25(24,34)15(2)32)30-13-29-20-21(26)27-12-28-22(20)30/h3-9,12-13,19,23,33-34H,10-11H2,1-2H3,(H2,26,27,28)/t19-,23-,24-,25+/m1/s1. The third-order valence-electron chi connectivity index (χ3n) is 6.97. The number of imidazole rings is 1. The SMILES string of the molecule is CC(=O)[C@@]1(O)[C@@H](CCc2cccc3ccccc23)O[C@@H](n2cnc3c(N)ncnc32)[C@@]1(O)C(C)=O. The van der Waals surface area contributed by atoms with Gasteiger partial charge >= 0.3 is 0 Å². The summed E-state index contributed by atoms with van der Waals surface area (Å²) in [6.45, 7) is 2.25. The Bertz CT molecular complexity index is 1460. The Labute approximate surface area is 200 Å². The second-order valence-corrected chi connectivity index (χ2v) is 8.88. The fraction of sp³-hybridized carbons (Fsp3) is 0.320. The number of rotatable bonds is 6. The van der Waals surface area contributed by atoms with Crippen LogP contribution in [0.5, 0.6) is 0 Å². The second kappa shape index (κ2) is 8.19. The summed E-state index contributed by atoms with van der Waals surface area (Å²) in [4.78, 5) is 37.9. The minimum Gasteiger partial charge on any atom is -0.382 e. The summed E-state index contributed by atoms with van der Waals surface area (Å²) in [7, 11) is 0. The zero-order chi connectivity index (χ0) is 25.0. The maximum absolute atomic E-state index is 12.9. The number of anilines is 1. The van der Waals surface area contributed by atoms with E-state index in [-0.39, 0.29) is 23.4 Å². The lowest BCUT2D eigenvalue weighted by atomic mass is 9.73. The van der Waals surface area contributed by atoms with E-state index in [1.807, 2.05) is 42.5 Å². The highest BCUT2D eigenvalue weighted by Gasteiger charge is 2.71. The molecule has 4 N–H and O–H groups in total. The van der Waals surface area contributed by atoms with Gasteiger partial charge in [-0.25, -0.2) is 15.0 Å². The summed E-state index contributed by atoms with van der Waals surface area (Å²) in [6.07, 6.45) is 0.455. The predicted molar refractivity (Wildman–Crippen MR) is 127 cm³/mol. The van der Waals surface area contributed by atoms with E-state index in [1.165, 1.54) is 17.2 Å². The Hall–Kier alpha value is -3.73. The van der Waals surface area contributed by atoms with Gasteiger partial charge in [0.2, 0.25) is 5.60 Å². The molecule has 0 spiro atoms. The van der Waals surface area contributed by atoms with Crippen LogP contribution in [-0.4, -0.2) is 58.6 Å². The first-order valence-corrected chi connectivity index (χ1v) is 11.2. The number of hydrogen-bond donors (Lipinski definition) is 3. The smallest absolute Gasteiger partial charge is 0.206 e. The molecule has 3 heterocycles. The Balaban J connectivity index is 1.58. The Morgan fingerprint density at radius 2 is 1.74 bits per heavy atom. The third kappa shape index (κ3) is 3.25. The second-order valence-electron chi connectivity index (χ2n) is 8.88. The van der Waals surface area contributed by atoms with Gasteiger partial charge < -0.3 is 20.7 Å². The molecule has 0 aliphatic carbocycles. The molecule has 0 radical (unpaired) electrons. The van der Waals surface area contributed by atoms with Gasteiger partial charge in [-0.15, -0.1) is 0 Å². The quantitative estimate of drug-likeness (QED) is 0.378. The van der Waals surface area contributed by atoms with Crippen LogP contribution in [0.2, 0.25) is 0 Å². The van der Waals surface area contributed by atoms with Crippen molar-refractivity contribution in [1.82, 2.24) is 19.5 Å². The van der Waals surface area contributed by atoms with Gasteiger partial charge in [-0.05, 0) is 43.0 Å². The van der Waals surface area contributed by atoms with Crippen LogP contribution in [0, 0.1) is 0 Å². The monoisotopic (exact) mass is 475 g/mol. The molecule has 0 amide bonds. The molecule has 35 heavy (non-hydrogen) atoms. The van der Waals surface area contributed by atoms with E-state index >= 15 is 0 Å². The molecule has 1 aliphatic rings. The van der Waals surface area contributed by atoms with E-state index in [2.05, 4.69) is 15.0 Å². The molecule has 2 aromatic carbocycles. The van der Waals surface area contributed by atoms with Gasteiger partial charge in [0.25, 0.3) is 0 Å². The van der Waals surface area contributed by atoms with Crippen LogP contribution in [0.25, 0.3) is 21.9 Å². The number of ketones is 2. The van der Waals surface area contributed by atoms with Crippen LogP contribution in [0.4, 0.5) is 5.82 Å². The fourth-order valence-electron chi connectivity index (χ4n) is 5.11. The maximum Gasteiger partial charge on any atom is 0.206 e. The van der Waals surface area contributed by atoms with Gasteiger partial charge in [-0.1, -0.05) is 42.5 Å². The van der Waals surface area contributed by atoms with Crippen LogP contribution in [0.15, 0.2) is 55.1 Å². The van der Waals surface area contributed by atoms with Gasteiger partial charge in [-0.2, -0.15) is 0 Å². The summed E-state index contributed by atoms with van der Waals surface area (Å²) in [6, 6.07) is 13.8. The number of nitrogen functional groups attached to an aromatic ring is 1. The molecule has 1 aliphatic heterocycles. The van der Waals surface area contributed by atoms with Crippen molar-refractivity contribution in [3.05, 3.63) is 60.7 Å². The Morgan fingerprint density at radius 3 is 2.49 bits per heavy atom. The number of benzene rings is 2. The molecule has 0 bridgehead atoms. The number of carbonyl (C=O) groups excluding carboxylic acids is 2. The molecular formula is C25H25N5O5. The van der Waals surface area contributed by atoms with Crippen LogP contribution >= 0.6 is 0 Å². The fourth-order valence-corrected chi connectivity index (χ4v) is 5.11. The van der Waals surface area contributed by atoms with Crippen molar-refractivity contribution in [1.29, 1.82) is 0 Å². The molecule has 0 unspecified atom stereocenters. The molecule has 10 nitrogen and oxygen atoms in total. The van der Waals surface area contributed by atoms with Gasteiger partial charge in [-0.3, -0.25) is 14.2 Å². The molecular weight excluding hydrogens is 450 g/mol. The number of nitrogens with two attached hydrogens (primary N) is 1. The number of aliphatic hydroxyl groups is 2. The highest BCUT2D eigenvalue weighted by molar-refractivity contribution is 5.99. The minimum absolute atomic E-state index is 0.104. The van der Waals surface area contributed by atoms with Crippen molar-refractivity contribution in [2.45, 2.75) is 50.2 Å². The van der Waals surface area contributed by atoms with Gasteiger partial charge in [0.15, 0.2) is 34.9 Å². The normalized spacial score (nSPS) is 26.4. The summed E-state index contributed by atoms with van der Waals surface area (Å²) >= 11 is 0. The molecule has 2 aromatic heterocycles. The number of carbonyl (C=O) groups is 2. The van der Waals surface area contributed by atoms with E-state index in [0.717, 1.165) is 30.2 Å². The molecule has 0 saturated carbocycles. The number of aryl methyl sites for hydroxylation is 1. The zero-order valence-electron chi connectivity index (χ0n) is 19.3. The highest BCUT2D eigenvalue weighted by atomic mass is 16.6. The Kier molecular flexibility index (Phi) is 5.39. The van der Waals surface area contributed by atoms with Crippen molar-refractivity contribution < 1.29 is 24.5 Å². The van der Waals surface area contributed by atoms with Crippen molar-refractivity contribution in [3.8, 4) is 0 Å². The number of fused-ring (bicyclic) bond motifs is 2. The number of ether oxygens (including phenoxy) is 1. The van der Waals surface area contributed by atoms with E-state index in [4.69, 9.17) is 10.5 Å². The van der Waals surface area contributed by atoms with Crippen molar-refractivity contribution >= 4 is 39.3 Å². The largest absolute Gasteiger partial charge is 0.382 e. The lowest BCUT2D eigenvalue weighted by Crippen LogP contribution is -2.65. The van der Waals surface area contributed by atoms with Gasteiger partial charge in [0.05, 0.1) is 6.33 Å². The minimum atomic E-state index is -2.59. The molecule has 10 heteroatoms. The number of hydrogen-bond acceptors (Lipinski definition) is 9. The van der Waals surface area contributed by atoms with Gasteiger partial charge in [0.1, 0.15) is 17.9 Å². The summed E-state index contributed by atoms with van der Waals surface area (Å²) in [5.74, 6) is -1.50. The molecule has 1 saturated heterocycles. The molecule has 180 valence electrons. The lowest BCUT2D eigenvalue weighted by Gasteiger charge is -2.37. The third-order valence-corrected chi connectivity index (χ3v) is 6.97. The first kappa shape index (κ1) is 23.0. The first-order valence-electron chi connectivity index (χ1n) is 11.2. The molecule has 1 fully saturated rings. The maximum atomic E-state index is 12.9. The number of nitrogens with zero attached hydrogens (tertiary/aromatic N) is 4. The lowest BCUT2D eigenvalue weighted by molar-refractivity contribution is -0.180. The molecule has 4 atom stereocenters. The highest BCUT2D eigenvalue weighted by Crippen LogP contribution is 2.49. The molecule has 4 aromatic rings. The first-order chi connectivity index (χ1) is 16.7. The van der Waals surface area contributed by atoms with Crippen LogP contribution in [-0.2, 0) is 20.7 Å². The average molecular weight is 476 g/mol. The van der Waals surface area contributed by atoms with Crippen molar-refractivity contribution in [3.63, 3.8) is 0 Å². The van der Waals surface area contributed by atoms with E-state index in [1.54, 1.807) is 0 Å². The van der Waals surface area contributed by atoms with Crippen molar-refractivity contribution in [2.24, 2.45) is 0 Å². The van der Waals surface area contributed by atoms with Crippen LogP contribution < -0.4 is 5.73 Å². The topological polar surface area (TPSA) is 153 Å². The average Bonchev–Trinajstić information content (AvgIpc) is 3.37. The zero-order valence-corrected chi connectivity index (χ0v) is 19.3. The molecule has 5 rings (SSSR count). The summed E-state index contributed by atoms with van der Waals surface area (Å²) < 4.78 is 7.43. The van der Waals surface area contributed by atoms with Crippen LogP contribution in [0.3, 0.4) is 0 Å². The van der Waals surface area contributed by atoms with E-state index in [0.29, 0.717) is 6.42 Å². The van der Waals surface area contributed by atoms with Crippen LogP contribution in [0.1, 0.15) is 32.1 Å². The number of Topliss-reactive ketones (excluding diaryl/α,β-unsaturated/α-hetero) is 2. The Morgan fingerprint density at radius 1 is 1.03 bits per heavy atom. The predicted octanol–water partition coefficient (Wildman–Crippen LogP) is 1.73. The van der Waals surface area contributed by atoms with Crippen molar-refractivity contribution in [2.75, 3.05) is 5.73 Å². The van der Waals surface area contributed by atoms with Gasteiger partial charge in [0, 0.05) is 0 Å².